The van der Waals surface area contributed by atoms with Crippen molar-refractivity contribution in [3.8, 4) is 0 Å². The molecular weight excluding hydrogens is 110 g/mol. The molecule has 1 aliphatic heterocycles. The Bertz CT molecular complexity index is 89.7. The molecule has 0 amide bonds. The fourth-order valence-electron chi connectivity index (χ4n) is 0.332. The molecule has 0 aromatic rings. The smallest absolute Gasteiger partial charge is 0.187 e. The summed E-state index contributed by atoms with van der Waals surface area (Å²) in [5.74, 6) is 0. The lowest BCUT2D eigenvalue weighted by Crippen LogP contribution is -1.87. The largest absolute Gasteiger partial charge is 0.301 e. The molecule has 3 heteroatoms. The van der Waals surface area contributed by atoms with Crippen LogP contribution in [0.1, 0.15) is 6.92 Å². The van der Waals surface area contributed by atoms with Crippen LogP contribution in [0.4, 0.5) is 0 Å². The number of carbonyl (C=O) groups excluding carboxylic acids is 1. The number of carbonyl (C=O) groups is 1. The first-order chi connectivity index (χ1) is 3.29. The van der Waals surface area contributed by atoms with E-state index in [-0.39, 0.29) is 5.12 Å². The minimum Gasteiger partial charge on any atom is -0.301 e. The van der Waals surface area contributed by atoms with E-state index in [1.54, 1.807) is 6.92 Å². The summed E-state index contributed by atoms with van der Waals surface area (Å²) in [5.41, 5.74) is 0. The molecule has 1 N–H and O–H groups in total. The van der Waals surface area contributed by atoms with Gasteiger partial charge in [0, 0.05) is 13.5 Å². The zero-order valence-corrected chi connectivity index (χ0v) is 4.92. The third-order valence-corrected chi connectivity index (χ3v) is 1.63. The highest BCUT2D eigenvalue weighted by atomic mass is 32.2. The second-order valence-corrected chi connectivity index (χ2v) is 2.89. The number of hydrogen-bond donors (Lipinski definition) is 1. The van der Waals surface area contributed by atoms with Gasteiger partial charge in [0.2, 0.25) is 0 Å². The molecule has 1 saturated heterocycles. The van der Waals surface area contributed by atoms with Gasteiger partial charge in [-0.2, -0.15) is 0 Å². The van der Waals surface area contributed by atoms with Crippen LogP contribution in [0, 0.1) is 0 Å². The summed E-state index contributed by atoms with van der Waals surface area (Å²) in [6, 6.07) is 0. The van der Waals surface area contributed by atoms with Crippen LogP contribution in [0.2, 0.25) is 0 Å². The highest BCUT2D eigenvalue weighted by Crippen LogP contribution is 2.15. The van der Waals surface area contributed by atoms with Gasteiger partial charge in [0.25, 0.3) is 0 Å². The summed E-state index contributed by atoms with van der Waals surface area (Å²) in [7, 11) is 0. The fraction of sp³-hybridized carbons (Fsp3) is 0.750. The SMILES string of the molecule is CC(=O)SC1CN1. The van der Waals surface area contributed by atoms with Crippen molar-refractivity contribution in [2.75, 3.05) is 6.54 Å². The molecular formula is C4H7NOS. The van der Waals surface area contributed by atoms with Crippen molar-refractivity contribution >= 4 is 16.9 Å². The molecule has 2 nitrogen and oxygen atoms in total. The zero-order valence-electron chi connectivity index (χ0n) is 4.10. The van der Waals surface area contributed by atoms with Crippen molar-refractivity contribution in [3.05, 3.63) is 0 Å². The van der Waals surface area contributed by atoms with Gasteiger partial charge in [-0.25, -0.2) is 0 Å². The van der Waals surface area contributed by atoms with Crippen LogP contribution >= 0.6 is 11.8 Å². The van der Waals surface area contributed by atoms with Crippen LogP contribution in [-0.4, -0.2) is 17.0 Å². The molecule has 1 atom stereocenters. The Morgan fingerprint density at radius 3 is 2.71 bits per heavy atom. The van der Waals surface area contributed by atoms with Gasteiger partial charge in [0.1, 0.15) is 0 Å². The summed E-state index contributed by atoms with van der Waals surface area (Å²) in [6.45, 7) is 2.59. The molecule has 1 aliphatic rings. The Morgan fingerprint density at radius 2 is 2.57 bits per heavy atom. The van der Waals surface area contributed by atoms with E-state index in [0.29, 0.717) is 5.37 Å². The molecule has 1 heterocycles. The topological polar surface area (TPSA) is 39.0 Å². The van der Waals surface area contributed by atoms with E-state index < -0.39 is 0 Å². The lowest BCUT2D eigenvalue weighted by atomic mass is 10.9. The van der Waals surface area contributed by atoms with Gasteiger partial charge in [-0.15, -0.1) is 0 Å². The standard InChI is InChI=1S/C4H7NOS/c1-3(6)7-4-2-5-4/h4-5H,2H2,1H3. The Kier molecular flexibility index (Phi) is 1.35. The normalized spacial score (nSPS) is 27.3. The van der Waals surface area contributed by atoms with Gasteiger partial charge in [0.05, 0.1) is 5.37 Å². The highest BCUT2D eigenvalue weighted by Gasteiger charge is 2.21. The Morgan fingerprint density at radius 1 is 2.00 bits per heavy atom. The molecule has 0 bridgehead atoms. The summed E-state index contributed by atoms with van der Waals surface area (Å²) in [6.07, 6.45) is 0. The molecule has 0 spiro atoms. The predicted octanol–water partition coefficient (Wildman–Crippen LogP) is 0.195. The van der Waals surface area contributed by atoms with Crippen molar-refractivity contribution in [3.63, 3.8) is 0 Å². The Labute approximate surface area is 46.7 Å². The van der Waals surface area contributed by atoms with E-state index in [9.17, 15) is 4.79 Å². The molecule has 0 aromatic carbocycles. The molecule has 0 aliphatic carbocycles. The van der Waals surface area contributed by atoms with Crippen molar-refractivity contribution in [1.82, 2.24) is 5.32 Å². The Balaban J connectivity index is 2.08. The second kappa shape index (κ2) is 1.84. The van der Waals surface area contributed by atoms with Crippen molar-refractivity contribution in [1.29, 1.82) is 0 Å². The predicted molar refractivity (Wildman–Crippen MR) is 30.1 cm³/mol. The van der Waals surface area contributed by atoms with E-state index in [1.807, 2.05) is 0 Å². The van der Waals surface area contributed by atoms with Gasteiger partial charge in [0.15, 0.2) is 5.12 Å². The van der Waals surface area contributed by atoms with Crippen LogP contribution < -0.4 is 5.32 Å². The van der Waals surface area contributed by atoms with Crippen molar-refractivity contribution < 1.29 is 4.79 Å². The fourth-order valence-corrected chi connectivity index (χ4v) is 0.995. The molecule has 1 fully saturated rings. The molecule has 0 saturated carbocycles. The maximum absolute atomic E-state index is 10.2. The summed E-state index contributed by atoms with van der Waals surface area (Å²) >= 11 is 1.37. The van der Waals surface area contributed by atoms with Crippen molar-refractivity contribution in [2.24, 2.45) is 0 Å². The molecule has 1 rings (SSSR count). The summed E-state index contributed by atoms with van der Waals surface area (Å²) in [4.78, 5) is 10.2. The van der Waals surface area contributed by atoms with Gasteiger partial charge in [-0.1, -0.05) is 11.8 Å². The first kappa shape index (κ1) is 5.12. The van der Waals surface area contributed by atoms with Crippen molar-refractivity contribution in [2.45, 2.75) is 12.3 Å². The number of hydrogen-bond acceptors (Lipinski definition) is 3. The van der Waals surface area contributed by atoms with E-state index >= 15 is 0 Å². The lowest BCUT2D eigenvalue weighted by molar-refractivity contribution is -0.109. The average molecular weight is 117 g/mol. The molecule has 1 unspecified atom stereocenters. The van der Waals surface area contributed by atoms with Crippen LogP contribution in [0.25, 0.3) is 0 Å². The third kappa shape index (κ3) is 1.94. The molecule has 0 radical (unpaired) electrons. The molecule has 7 heavy (non-hydrogen) atoms. The minimum absolute atomic E-state index is 0.204. The summed E-state index contributed by atoms with van der Waals surface area (Å²) in [5, 5.41) is 3.65. The average Bonchev–Trinajstić information content (AvgIpc) is 2.17. The highest BCUT2D eigenvalue weighted by molar-refractivity contribution is 8.14. The minimum atomic E-state index is 0.204. The van der Waals surface area contributed by atoms with E-state index in [1.165, 1.54) is 11.8 Å². The van der Waals surface area contributed by atoms with E-state index in [4.69, 9.17) is 0 Å². The third-order valence-electron chi connectivity index (χ3n) is 0.679. The maximum Gasteiger partial charge on any atom is 0.187 e. The van der Waals surface area contributed by atoms with Crippen LogP contribution in [0.5, 0.6) is 0 Å². The molecule has 40 valence electrons. The van der Waals surface area contributed by atoms with Gasteiger partial charge < -0.3 is 5.32 Å². The van der Waals surface area contributed by atoms with Gasteiger partial charge >= 0.3 is 0 Å². The van der Waals surface area contributed by atoms with Gasteiger partial charge in [-0.3, -0.25) is 4.79 Å². The number of thioether (sulfide) groups is 1. The van der Waals surface area contributed by atoms with Crippen LogP contribution in [-0.2, 0) is 4.79 Å². The number of nitrogens with one attached hydrogen (secondary N) is 1. The first-order valence-corrected chi connectivity index (χ1v) is 3.07. The Hall–Kier alpha value is -0.0200. The van der Waals surface area contributed by atoms with E-state index in [2.05, 4.69) is 5.32 Å². The molecule has 0 aromatic heterocycles. The van der Waals surface area contributed by atoms with E-state index in [0.717, 1.165) is 6.54 Å². The lowest BCUT2D eigenvalue weighted by Gasteiger charge is -1.82. The quantitative estimate of drug-likeness (QED) is 0.498. The van der Waals surface area contributed by atoms with Crippen LogP contribution in [0.15, 0.2) is 0 Å². The zero-order chi connectivity index (χ0) is 5.28. The number of rotatable bonds is 1. The monoisotopic (exact) mass is 117 g/mol. The second-order valence-electron chi connectivity index (χ2n) is 1.51. The maximum atomic E-state index is 10.2. The first-order valence-electron chi connectivity index (χ1n) is 2.19. The summed E-state index contributed by atoms with van der Waals surface area (Å²) < 4.78 is 0. The van der Waals surface area contributed by atoms with Gasteiger partial charge in [-0.05, 0) is 0 Å². The van der Waals surface area contributed by atoms with Crippen LogP contribution in [0.3, 0.4) is 0 Å².